The van der Waals surface area contributed by atoms with Crippen LogP contribution in [0.25, 0.3) is 0 Å². The number of hydrogen-bond acceptors (Lipinski definition) is 1. The summed E-state index contributed by atoms with van der Waals surface area (Å²) in [6.45, 7) is 8.67. The third-order valence-electron chi connectivity index (χ3n) is 5.86. The summed E-state index contributed by atoms with van der Waals surface area (Å²) in [5.74, 6) is 3.44. The Morgan fingerprint density at radius 3 is 2.45 bits per heavy atom. The van der Waals surface area contributed by atoms with Crippen LogP contribution in [0.5, 0.6) is 0 Å². The van der Waals surface area contributed by atoms with E-state index in [1.54, 1.807) is 0 Å². The predicted octanol–water partition coefficient (Wildman–Crippen LogP) is 4.77. The van der Waals surface area contributed by atoms with E-state index in [-0.39, 0.29) is 11.2 Å². The molecule has 2 saturated carbocycles. The topological polar surface area (TPSA) is 17.1 Å². The van der Waals surface area contributed by atoms with Gasteiger partial charge < -0.3 is 0 Å². The van der Waals surface area contributed by atoms with Gasteiger partial charge in [0.2, 0.25) is 0 Å². The number of carbonyl (C=O) groups excluding carboxylic acids is 1. The molecule has 0 radical (unpaired) electrons. The molecule has 2 fully saturated rings. The first-order valence-corrected chi connectivity index (χ1v) is 7.95. The standard InChI is InChI=1S/C19H28O/c1-6-10-19(13-14-19)12-8-15-17(3,4)11-9-16(20)18(15,5)7-2/h2,6,10,15H,8-9,11-14H2,1,3-5H3/b10-6+/t15-,18+/m1/s1. The average molecular weight is 272 g/mol. The molecule has 1 nitrogen and oxygen atoms in total. The second-order valence-corrected chi connectivity index (χ2v) is 7.71. The van der Waals surface area contributed by atoms with Crippen LogP contribution in [0.3, 0.4) is 0 Å². The van der Waals surface area contributed by atoms with Crippen molar-refractivity contribution in [3.05, 3.63) is 12.2 Å². The molecule has 0 bridgehead atoms. The zero-order valence-electron chi connectivity index (χ0n) is 13.5. The quantitative estimate of drug-likeness (QED) is 0.532. The molecule has 0 saturated heterocycles. The third kappa shape index (κ3) is 2.58. The van der Waals surface area contributed by atoms with Crippen LogP contribution < -0.4 is 0 Å². The fraction of sp³-hybridized carbons (Fsp3) is 0.737. The van der Waals surface area contributed by atoms with Crippen LogP contribution in [0.4, 0.5) is 0 Å². The fourth-order valence-corrected chi connectivity index (χ4v) is 4.15. The predicted molar refractivity (Wildman–Crippen MR) is 84.2 cm³/mol. The summed E-state index contributed by atoms with van der Waals surface area (Å²) < 4.78 is 0. The summed E-state index contributed by atoms with van der Waals surface area (Å²) in [5.41, 5.74) is 0.0234. The molecule has 2 atom stereocenters. The van der Waals surface area contributed by atoms with Gasteiger partial charge in [-0.25, -0.2) is 0 Å². The van der Waals surface area contributed by atoms with Gasteiger partial charge in [-0.1, -0.05) is 31.9 Å². The highest BCUT2D eigenvalue weighted by atomic mass is 16.1. The first-order chi connectivity index (χ1) is 9.30. The molecule has 0 amide bonds. The zero-order chi connectivity index (χ0) is 15.0. The highest BCUT2D eigenvalue weighted by Gasteiger charge is 2.51. The third-order valence-corrected chi connectivity index (χ3v) is 5.86. The smallest absolute Gasteiger partial charge is 0.150 e. The number of Topliss-reactive ketones (excluding diaryl/α,β-unsaturated/α-hetero) is 1. The van der Waals surface area contributed by atoms with E-state index in [4.69, 9.17) is 6.42 Å². The minimum absolute atomic E-state index is 0.168. The van der Waals surface area contributed by atoms with Gasteiger partial charge in [0.15, 0.2) is 5.78 Å². The molecule has 0 N–H and O–H groups in total. The molecule has 0 aromatic carbocycles. The molecular weight excluding hydrogens is 244 g/mol. The van der Waals surface area contributed by atoms with Crippen LogP contribution in [0.15, 0.2) is 12.2 Å². The van der Waals surface area contributed by atoms with Gasteiger partial charge in [-0.3, -0.25) is 4.79 Å². The molecule has 0 aliphatic heterocycles. The Labute approximate surface area is 124 Å². The van der Waals surface area contributed by atoms with Crippen molar-refractivity contribution >= 4 is 5.78 Å². The lowest BCUT2D eigenvalue weighted by molar-refractivity contribution is -0.135. The highest BCUT2D eigenvalue weighted by Crippen LogP contribution is 2.56. The van der Waals surface area contributed by atoms with E-state index in [1.165, 1.54) is 19.3 Å². The molecule has 0 heterocycles. The minimum atomic E-state index is -0.562. The number of terminal acetylenes is 1. The second kappa shape index (κ2) is 5.06. The Morgan fingerprint density at radius 1 is 1.30 bits per heavy atom. The first kappa shape index (κ1) is 15.4. The molecule has 0 aromatic rings. The summed E-state index contributed by atoms with van der Waals surface area (Å²) in [5, 5.41) is 0. The van der Waals surface area contributed by atoms with E-state index >= 15 is 0 Å². The number of rotatable bonds is 4. The van der Waals surface area contributed by atoms with E-state index in [9.17, 15) is 4.79 Å². The Morgan fingerprint density at radius 2 is 1.95 bits per heavy atom. The molecule has 0 spiro atoms. The molecule has 0 unspecified atom stereocenters. The Hall–Kier alpha value is -1.03. The summed E-state index contributed by atoms with van der Waals surface area (Å²) >= 11 is 0. The number of ketones is 1. The molecule has 1 heteroatoms. The lowest BCUT2D eigenvalue weighted by Gasteiger charge is -2.47. The maximum Gasteiger partial charge on any atom is 0.150 e. The summed E-state index contributed by atoms with van der Waals surface area (Å²) in [7, 11) is 0. The van der Waals surface area contributed by atoms with Crippen LogP contribution in [0.1, 0.15) is 66.2 Å². The summed E-state index contributed by atoms with van der Waals surface area (Å²) in [4.78, 5) is 12.4. The maximum absolute atomic E-state index is 12.4. The van der Waals surface area contributed by atoms with Crippen molar-refractivity contribution in [1.29, 1.82) is 0 Å². The monoisotopic (exact) mass is 272 g/mol. The van der Waals surface area contributed by atoms with Crippen LogP contribution in [-0.2, 0) is 4.79 Å². The van der Waals surface area contributed by atoms with Gasteiger partial charge >= 0.3 is 0 Å². The Kier molecular flexibility index (Phi) is 3.89. The van der Waals surface area contributed by atoms with Gasteiger partial charge in [-0.2, -0.15) is 0 Å². The number of allylic oxidation sites excluding steroid dienone is 2. The molecular formula is C19H28O. The van der Waals surface area contributed by atoms with E-state index < -0.39 is 5.41 Å². The average Bonchev–Trinajstić information content (AvgIpc) is 3.14. The summed E-state index contributed by atoms with van der Waals surface area (Å²) in [6.07, 6.45) is 16.8. The van der Waals surface area contributed by atoms with E-state index in [0.717, 1.165) is 12.8 Å². The van der Waals surface area contributed by atoms with Crippen LogP contribution in [0, 0.1) is 34.5 Å². The second-order valence-electron chi connectivity index (χ2n) is 7.71. The van der Waals surface area contributed by atoms with E-state index in [1.807, 2.05) is 6.92 Å². The van der Waals surface area contributed by atoms with Crippen molar-refractivity contribution in [3.63, 3.8) is 0 Å². The zero-order valence-corrected chi connectivity index (χ0v) is 13.5. The van der Waals surface area contributed by atoms with E-state index in [0.29, 0.717) is 17.8 Å². The SMILES string of the molecule is C#C[C@]1(C)C(=O)CCC(C)(C)[C@H]1CCC1(/C=C/C)CC1. The van der Waals surface area contributed by atoms with Crippen molar-refractivity contribution in [2.75, 3.05) is 0 Å². The van der Waals surface area contributed by atoms with Gasteiger partial charge in [0.25, 0.3) is 0 Å². The normalized spacial score (nSPS) is 35.0. The van der Waals surface area contributed by atoms with Crippen LogP contribution >= 0.6 is 0 Å². The van der Waals surface area contributed by atoms with Gasteiger partial charge in [-0.05, 0) is 62.7 Å². The Bertz CT molecular complexity index is 459. The van der Waals surface area contributed by atoms with E-state index in [2.05, 4.69) is 38.8 Å². The lowest BCUT2D eigenvalue weighted by atomic mass is 9.54. The first-order valence-electron chi connectivity index (χ1n) is 7.95. The van der Waals surface area contributed by atoms with Gasteiger partial charge in [0.05, 0.1) is 5.41 Å². The minimum Gasteiger partial charge on any atom is -0.298 e. The van der Waals surface area contributed by atoms with Gasteiger partial charge in [-0.15, -0.1) is 6.42 Å². The number of hydrogen-bond donors (Lipinski definition) is 0. The molecule has 2 rings (SSSR count). The summed E-state index contributed by atoms with van der Waals surface area (Å²) in [6, 6.07) is 0. The van der Waals surface area contributed by atoms with Crippen LogP contribution in [0.2, 0.25) is 0 Å². The van der Waals surface area contributed by atoms with Crippen LogP contribution in [-0.4, -0.2) is 5.78 Å². The van der Waals surface area contributed by atoms with Crippen molar-refractivity contribution in [1.82, 2.24) is 0 Å². The van der Waals surface area contributed by atoms with Crippen molar-refractivity contribution < 1.29 is 4.79 Å². The lowest BCUT2D eigenvalue weighted by Crippen LogP contribution is -2.47. The Balaban J connectivity index is 2.17. The van der Waals surface area contributed by atoms with Crippen molar-refractivity contribution in [3.8, 4) is 12.3 Å². The van der Waals surface area contributed by atoms with Crippen molar-refractivity contribution in [2.45, 2.75) is 66.2 Å². The molecule has 0 aromatic heterocycles. The fourth-order valence-electron chi connectivity index (χ4n) is 4.15. The maximum atomic E-state index is 12.4. The molecule has 20 heavy (non-hydrogen) atoms. The van der Waals surface area contributed by atoms with Crippen molar-refractivity contribution in [2.24, 2.45) is 22.2 Å². The largest absolute Gasteiger partial charge is 0.298 e. The number of carbonyl (C=O) groups is 1. The van der Waals surface area contributed by atoms with Gasteiger partial charge in [0.1, 0.15) is 0 Å². The van der Waals surface area contributed by atoms with Gasteiger partial charge in [0, 0.05) is 6.42 Å². The molecule has 2 aliphatic carbocycles. The highest BCUT2D eigenvalue weighted by molar-refractivity contribution is 5.88. The molecule has 2 aliphatic rings. The molecule has 110 valence electrons.